The van der Waals surface area contributed by atoms with E-state index in [1.165, 1.54) is 0 Å². The molecule has 0 aliphatic heterocycles. The maximum atomic E-state index is 12.7. The summed E-state index contributed by atoms with van der Waals surface area (Å²) in [6, 6.07) is 17.2. The van der Waals surface area contributed by atoms with Crippen molar-refractivity contribution >= 4 is 16.9 Å². The molecule has 0 radical (unpaired) electrons. The van der Waals surface area contributed by atoms with Crippen LogP contribution in [0.1, 0.15) is 24.5 Å². The van der Waals surface area contributed by atoms with Crippen molar-refractivity contribution in [2.75, 3.05) is 0 Å². The maximum Gasteiger partial charge on any atom is 0.0874 e. The molecule has 2 nitrogen and oxygen atoms in total. The lowest BCUT2D eigenvalue weighted by molar-refractivity contribution is 0.215. The fourth-order valence-corrected chi connectivity index (χ4v) is 3.30. The summed E-state index contributed by atoms with van der Waals surface area (Å²) in [6.07, 6.45) is 1.66. The Balaban J connectivity index is 2.39. The average molecular weight is 300 g/mol. The third kappa shape index (κ3) is 4.13. The molecular formula is C18H20O2S. The van der Waals surface area contributed by atoms with Crippen molar-refractivity contribution in [1.29, 1.82) is 0 Å². The summed E-state index contributed by atoms with van der Waals surface area (Å²) in [6.45, 7) is 3.88. The van der Waals surface area contributed by atoms with Gasteiger partial charge in [-0.3, -0.25) is 0 Å². The van der Waals surface area contributed by atoms with Gasteiger partial charge in [-0.25, -0.2) is 4.21 Å². The van der Waals surface area contributed by atoms with Crippen LogP contribution in [0.25, 0.3) is 6.08 Å². The van der Waals surface area contributed by atoms with E-state index in [9.17, 15) is 9.32 Å². The molecule has 0 aliphatic rings. The van der Waals surface area contributed by atoms with Crippen molar-refractivity contribution in [3.8, 4) is 0 Å². The quantitative estimate of drug-likeness (QED) is 0.909. The van der Waals surface area contributed by atoms with Crippen LogP contribution >= 0.6 is 0 Å². The first kappa shape index (κ1) is 15.7. The van der Waals surface area contributed by atoms with Crippen LogP contribution in [0.15, 0.2) is 64.4 Å². The molecule has 0 spiro atoms. The number of aryl methyl sites for hydroxylation is 1. The average Bonchev–Trinajstić information content (AvgIpc) is 2.53. The van der Waals surface area contributed by atoms with Gasteiger partial charge in [0.2, 0.25) is 0 Å². The fraction of sp³-hybridized carbons (Fsp3) is 0.222. The maximum absolute atomic E-state index is 12.7. The van der Waals surface area contributed by atoms with E-state index in [1.54, 1.807) is 0 Å². The first-order valence-corrected chi connectivity index (χ1v) is 8.20. The highest BCUT2D eigenvalue weighted by atomic mass is 32.2. The largest absolute Gasteiger partial charge is 0.388 e. The Hall–Kier alpha value is -1.71. The molecule has 1 N–H and O–H groups in total. The molecule has 0 saturated heterocycles. The van der Waals surface area contributed by atoms with Gasteiger partial charge >= 0.3 is 0 Å². The molecule has 2 atom stereocenters. The number of hydrogen-bond donors (Lipinski definition) is 1. The second kappa shape index (κ2) is 7.34. The molecule has 0 heterocycles. The highest BCUT2D eigenvalue weighted by Gasteiger charge is 2.17. The molecule has 2 aromatic carbocycles. The van der Waals surface area contributed by atoms with Crippen molar-refractivity contribution in [1.82, 2.24) is 0 Å². The zero-order valence-electron chi connectivity index (χ0n) is 12.3. The lowest BCUT2D eigenvalue weighted by Crippen LogP contribution is -2.13. The van der Waals surface area contributed by atoms with Crippen LogP contribution in [-0.2, 0) is 10.8 Å². The summed E-state index contributed by atoms with van der Waals surface area (Å²) in [4.78, 5) is 1.27. The number of aliphatic hydroxyl groups excluding tert-OH is 1. The van der Waals surface area contributed by atoms with Gasteiger partial charge in [0, 0.05) is 4.90 Å². The Kier molecular flexibility index (Phi) is 5.48. The lowest BCUT2D eigenvalue weighted by Gasteiger charge is -2.13. The van der Waals surface area contributed by atoms with Gasteiger partial charge < -0.3 is 5.11 Å². The summed E-state index contributed by atoms with van der Waals surface area (Å²) in [5.41, 5.74) is 2.07. The normalized spacial score (nSPS) is 14.7. The van der Waals surface area contributed by atoms with E-state index in [4.69, 9.17) is 0 Å². The van der Waals surface area contributed by atoms with Gasteiger partial charge in [0.05, 0.1) is 21.8 Å². The van der Waals surface area contributed by atoms with Gasteiger partial charge in [0.15, 0.2) is 0 Å². The van der Waals surface area contributed by atoms with Crippen molar-refractivity contribution in [2.45, 2.75) is 31.3 Å². The topological polar surface area (TPSA) is 37.3 Å². The Morgan fingerprint density at radius 2 is 1.76 bits per heavy atom. The second-order valence-corrected chi connectivity index (χ2v) is 6.44. The zero-order chi connectivity index (χ0) is 15.2. The monoisotopic (exact) mass is 300 g/mol. The van der Waals surface area contributed by atoms with Gasteiger partial charge in [0.1, 0.15) is 0 Å². The van der Waals surface area contributed by atoms with Gasteiger partial charge in [-0.15, -0.1) is 0 Å². The highest BCUT2D eigenvalue weighted by Crippen LogP contribution is 2.22. The van der Waals surface area contributed by atoms with Crippen LogP contribution in [-0.4, -0.2) is 15.4 Å². The van der Waals surface area contributed by atoms with E-state index >= 15 is 0 Å². The molecule has 0 bridgehead atoms. The molecule has 0 saturated carbocycles. The Morgan fingerprint density at radius 3 is 2.33 bits per heavy atom. The highest BCUT2D eigenvalue weighted by molar-refractivity contribution is 7.89. The van der Waals surface area contributed by atoms with Gasteiger partial charge in [-0.2, -0.15) is 0 Å². The Morgan fingerprint density at radius 1 is 1.14 bits per heavy atom. The van der Waals surface area contributed by atoms with Crippen LogP contribution in [0.2, 0.25) is 0 Å². The van der Waals surface area contributed by atoms with E-state index in [0.29, 0.717) is 11.3 Å². The molecule has 3 heteroatoms. The number of benzene rings is 2. The smallest absolute Gasteiger partial charge is 0.0874 e. The first-order valence-electron chi connectivity index (χ1n) is 7.05. The molecule has 2 aromatic rings. The minimum absolute atomic E-state index is 0.538. The van der Waals surface area contributed by atoms with E-state index < -0.39 is 16.9 Å². The van der Waals surface area contributed by atoms with Crippen LogP contribution in [0.3, 0.4) is 0 Å². The van der Waals surface area contributed by atoms with E-state index in [2.05, 4.69) is 0 Å². The summed E-state index contributed by atoms with van der Waals surface area (Å²) in [5.74, 6) is 0. The SMILES string of the molecule is CC[C@@H](O)/C(=C/c1ccccc1)[S@@](=O)c1ccc(C)cc1. The zero-order valence-corrected chi connectivity index (χ0v) is 13.1. The second-order valence-electron chi connectivity index (χ2n) is 4.96. The van der Waals surface area contributed by atoms with Crippen LogP contribution < -0.4 is 0 Å². The van der Waals surface area contributed by atoms with Gasteiger partial charge in [-0.05, 0) is 37.1 Å². The fourth-order valence-electron chi connectivity index (χ4n) is 1.99. The number of aliphatic hydroxyl groups is 1. The summed E-state index contributed by atoms with van der Waals surface area (Å²) in [5, 5.41) is 10.2. The predicted molar refractivity (Wildman–Crippen MR) is 88.3 cm³/mol. The molecule has 21 heavy (non-hydrogen) atoms. The van der Waals surface area contributed by atoms with E-state index in [-0.39, 0.29) is 0 Å². The molecule has 0 aliphatic carbocycles. The lowest BCUT2D eigenvalue weighted by atomic mass is 10.1. The molecule has 0 aromatic heterocycles. The Labute approximate surface area is 128 Å². The van der Waals surface area contributed by atoms with Gasteiger partial charge in [0.25, 0.3) is 0 Å². The summed E-state index contributed by atoms with van der Waals surface area (Å²) in [7, 11) is -1.35. The molecule has 0 amide bonds. The van der Waals surface area contributed by atoms with E-state index in [0.717, 1.165) is 16.0 Å². The number of hydrogen-bond acceptors (Lipinski definition) is 2. The molecular weight excluding hydrogens is 280 g/mol. The summed E-state index contributed by atoms with van der Waals surface area (Å²) >= 11 is 0. The summed E-state index contributed by atoms with van der Waals surface area (Å²) < 4.78 is 12.7. The molecule has 2 rings (SSSR count). The van der Waals surface area contributed by atoms with Gasteiger partial charge in [-0.1, -0.05) is 55.0 Å². The van der Waals surface area contributed by atoms with Crippen molar-refractivity contribution in [3.63, 3.8) is 0 Å². The minimum Gasteiger partial charge on any atom is -0.388 e. The van der Waals surface area contributed by atoms with Crippen LogP contribution in [0, 0.1) is 6.92 Å². The third-order valence-electron chi connectivity index (χ3n) is 3.27. The van der Waals surface area contributed by atoms with Crippen molar-refractivity contribution in [3.05, 3.63) is 70.6 Å². The Bertz CT molecular complexity index is 630. The molecule has 110 valence electrons. The number of rotatable bonds is 5. The van der Waals surface area contributed by atoms with E-state index in [1.807, 2.05) is 74.5 Å². The standard InChI is InChI=1S/C18H20O2S/c1-3-17(19)18(13-15-7-5-4-6-8-15)21(20)16-11-9-14(2)10-12-16/h4-13,17,19H,3H2,1-2H3/b18-13-/t17-,21+/m1/s1. The van der Waals surface area contributed by atoms with Crippen molar-refractivity contribution < 1.29 is 9.32 Å². The molecule has 0 unspecified atom stereocenters. The van der Waals surface area contributed by atoms with Crippen molar-refractivity contribution in [2.24, 2.45) is 0 Å². The minimum atomic E-state index is -1.35. The first-order chi connectivity index (χ1) is 10.1. The molecule has 0 fully saturated rings. The van der Waals surface area contributed by atoms with Crippen LogP contribution in [0.5, 0.6) is 0 Å². The van der Waals surface area contributed by atoms with Crippen LogP contribution in [0.4, 0.5) is 0 Å². The predicted octanol–water partition coefficient (Wildman–Crippen LogP) is 3.91. The third-order valence-corrected chi connectivity index (χ3v) is 4.79.